The first-order valence-electron chi connectivity index (χ1n) is 9.54. The van der Waals surface area contributed by atoms with Crippen molar-refractivity contribution in [2.24, 2.45) is 0 Å². The lowest BCUT2D eigenvalue weighted by Crippen LogP contribution is -2.09. The number of hydrogen-bond donors (Lipinski definition) is 0. The molecule has 2 heterocycles. The molecule has 150 valence electrons. The molecular formula is C24H19NO5. The molecule has 0 aliphatic heterocycles. The highest BCUT2D eigenvalue weighted by atomic mass is 16.5. The van der Waals surface area contributed by atoms with Gasteiger partial charge in [-0.1, -0.05) is 37.3 Å². The number of nitrogens with zero attached hydrogens (tertiary/aromatic N) is 1. The van der Waals surface area contributed by atoms with E-state index in [1.54, 1.807) is 24.3 Å². The number of hydrogen-bond acceptors (Lipinski definition) is 6. The molecule has 4 rings (SSSR count). The highest BCUT2D eigenvalue weighted by Gasteiger charge is 2.17. The Morgan fingerprint density at radius 1 is 1.03 bits per heavy atom. The average molecular weight is 401 g/mol. The summed E-state index contributed by atoms with van der Waals surface area (Å²) in [4.78, 5) is 28.8. The normalized spacial score (nSPS) is 10.7. The lowest BCUT2D eigenvalue weighted by Gasteiger charge is -2.11. The van der Waals surface area contributed by atoms with Crippen LogP contribution in [0.4, 0.5) is 0 Å². The van der Waals surface area contributed by atoms with E-state index in [-0.39, 0.29) is 18.1 Å². The van der Waals surface area contributed by atoms with Crippen molar-refractivity contribution in [1.29, 1.82) is 0 Å². The number of pyridine rings is 1. The Labute approximate surface area is 172 Å². The zero-order chi connectivity index (χ0) is 20.9. The van der Waals surface area contributed by atoms with Crippen LogP contribution in [-0.4, -0.2) is 11.0 Å². The first kappa shape index (κ1) is 19.4. The zero-order valence-electron chi connectivity index (χ0n) is 16.3. The standard InChI is InChI=1S/C24H19NO5/c1-2-16-10-11-19-17(14-22(26)30-21(19)13-16)15-28-24(27)20-9-6-12-25-23(20)29-18-7-4-3-5-8-18/h3-14H,2,15H2,1H3. The summed E-state index contributed by atoms with van der Waals surface area (Å²) in [5.41, 5.74) is 1.81. The molecule has 6 nitrogen and oxygen atoms in total. The Hall–Kier alpha value is -3.93. The molecule has 0 unspecified atom stereocenters. The van der Waals surface area contributed by atoms with E-state index < -0.39 is 11.6 Å². The summed E-state index contributed by atoms with van der Waals surface area (Å²) in [6, 6.07) is 19.3. The highest BCUT2D eigenvalue weighted by molar-refractivity contribution is 5.92. The Morgan fingerprint density at radius 3 is 2.67 bits per heavy atom. The number of benzene rings is 2. The van der Waals surface area contributed by atoms with Gasteiger partial charge in [0.15, 0.2) is 0 Å². The van der Waals surface area contributed by atoms with Crippen LogP contribution in [0.1, 0.15) is 28.4 Å². The van der Waals surface area contributed by atoms with E-state index >= 15 is 0 Å². The lowest BCUT2D eigenvalue weighted by molar-refractivity contribution is 0.0470. The molecule has 0 aliphatic carbocycles. The largest absolute Gasteiger partial charge is 0.457 e. The minimum atomic E-state index is -0.597. The number of ether oxygens (including phenoxy) is 2. The number of carbonyl (C=O) groups excluding carboxylic acids is 1. The zero-order valence-corrected chi connectivity index (χ0v) is 16.3. The molecule has 2 aromatic heterocycles. The molecule has 2 aromatic carbocycles. The smallest absolute Gasteiger partial charge is 0.344 e. The van der Waals surface area contributed by atoms with Crippen molar-refractivity contribution in [2.75, 3.05) is 0 Å². The topological polar surface area (TPSA) is 78.6 Å². The minimum absolute atomic E-state index is 0.0773. The third kappa shape index (κ3) is 4.22. The predicted molar refractivity (Wildman–Crippen MR) is 112 cm³/mol. The van der Waals surface area contributed by atoms with Crippen molar-refractivity contribution >= 4 is 16.9 Å². The second-order valence-electron chi connectivity index (χ2n) is 6.62. The fourth-order valence-corrected chi connectivity index (χ4v) is 3.06. The van der Waals surface area contributed by atoms with Gasteiger partial charge in [0.2, 0.25) is 5.88 Å². The van der Waals surface area contributed by atoms with Crippen LogP contribution in [-0.2, 0) is 17.8 Å². The fraction of sp³-hybridized carbons (Fsp3) is 0.125. The molecule has 0 saturated heterocycles. The summed E-state index contributed by atoms with van der Waals surface area (Å²) < 4.78 is 16.5. The van der Waals surface area contributed by atoms with Crippen molar-refractivity contribution in [2.45, 2.75) is 20.0 Å². The number of carbonyl (C=O) groups is 1. The fourth-order valence-electron chi connectivity index (χ4n) is 3.06. The molecule has 0 amide bonds. The summed E-state index contributed by atoms with van der Waals surface area (Å²) >= 11 is 0. The molecule has 0 spiro atoms. The second kappa shape index (κ2) is 8.61. The van der Waals surface area contributed by atoms with Crippen LogP contribution < -0.4 is 10.4 Å². The number of rotatable bonds is 6. The van der Waals surface area contributed by atoms with Crippen LogP contribution in [0.5, 0.6) is 11.6 Å². The molecule has 30 heavy (non-hydrogen) atoms. The summed E-state index contributed by atoms with van der Waals surface area (Å²) in [6.45, 7) is 1.94. The van der Waals surface area contributed by atoms with Gasteiger partial charge in [-0.05, 0) is 42.3 Å². The number of para-hydroxylation sites is 1. The third-order valence-corrected chi connectivity index (χ3v) is 4.61. The molecule has 0 N–H and O–H groups in total. The van der Waals surface area contributed by atoms with Crippen LogP contribution >= 0.6 is 0 Å². The predicted octanol–water partition coefficient (Wildman–Crippen LogP) is 4.90. The molecule has 4 aromatic rings. The Bertz CT molecular complexity index is 1250. The molecule has 6 heteroatoms. The number of aromatic nitrogens is 1. The van der Waals surface area contributed by atoms with Crippen molar-refractivity contribution < 1.29 is 18.7 Å². The lowest BCUT2D eigenvalue weighted by atomic mass is 10.1. The number of fused-ring (bicyclic) bond motifs is 1. The molecule has 0 atom stereocenters. The van der Waals surface area contributed by atoms with Crippen molar-refractivity contribution in [3.63, 3.8) is 0 Å². The van der Waals surface area contributed by atoms with Gasteiger partial charge in [0.05, 0.1) is 0 Å². The molecule has 0 fully saturated rings. The minimum Gasteiger partial charge on any atom is -0.457 e. The molecular weight excluding hydrogens is 382 g/mol. The van der Waals surface area contributed by atoms with E-state index in [0.717, 1.165) is 17.4 Å². The van der Waals surface area contributed by atoms with Gasteiger partial charge in [0.25, 0.3) is 0 Å². The van der Waals surface area contributed by atoms with Crippen LogP contribution in [0.25, 0.3) is 11.0 Å². The summed E-state index contributed by atoms with van der Waals surface area (Å²) in [5, 5.41) is 0.728. The van der Waals surface area contributed by atoms with Crippen molar-refractivity contribution in [1.82, 2.24) is 4.98 Å². The second-order valence-corrected chi connectivity index (χ2v) is 6.62. The van der Waals surface area contributed by atoms with E-state index in [2.05, 4.69) is 4.98 Å². The van der Waals surface area contributed by atoms with E-state index in [4.69, 9.17) is 13.9 Å². The Kier molecular flexibility index (Phi) is 5.57. The van der Waals surface area contributed by atoms with Gasteiger partial charge in [0, 0.05) is 23.2 Å². The van der Waals surface area contributed by atoms with Gasteiger partial charge in [-0.3, -0.25) is 0 Å². The molecule has 0 bridgehead atoms. The Balaban J connectivity index is 1.57. The van der Waals surface area contributed by atoms with Gasteiger partial charge in [-0.25, -0.2) is 14.6 Å². The van der Waals surface area contributed by atoms with Crippen molar-refractivity contribution in [3.8, 4) is 11.6 Å². The first-order chi connectivity index (χ1) is 14.6. The molecule has 0 saturated carbocycles. The summed E-state index contributed by atoms with van der Waals surface area (Å²) in [6.07, 6.45) is 2.36. The summed E-state index contributed by atoms with van der Waals surface area (Å²) in [7, 11) is 0. The monoisotopic (exact) mass is 401 g/mol. The average Bonchev–Trinajstić information content (AvgIpc) is 2.77. The molecule has 0 radical (unpaired) electrons. The van der Waals surface area contributed by atoms with E-state index in [9.17, 15) is 9.59 Å². The van der Waals surface area contributed by atoms with E-state index in [1.165, 1.54) is 12.3 Å². The van der Waals surface area contributed by atoms with Gasteiger partial charge in [-0.2, -0.15) is 0 Å². The first-order valence-corrected chi connectivity index (χ1v) is 9.54. The maximum Gasteiger partial charge on any atom is 0.344 e. The summed E-state index contributed by atoms with van der Waals surface area (Å²) in [5.74, 6) is 0.114. The van der Waals surface area contributed by atoms with E-state index in [1.807, 2.05) is 43.3 Å². The van der Waals surface area contributed by atoms with Crippen LogP contribution in [0.2, 0.25) is 0 Å². The molecule has 0 aliphatic rings. The van der Waals surface area contributed by atoms with Crippen LogP contribution in [0, 0.1) is 0 Å². The highest BCUT2D eigenvalue weighted by Crippen LogP contribution is 2.24. The maximum absolute atomic E-state index is 12.7. The number of aryl methyl sites for hydroxylation is 1. The van der Waals surface area contributed by atoms with Gasteiger partial charge in [0.1, 0.15) is 23.5 Å². The Morgan fingerprint density at radius 2 is 1.87 bits per heavy atom. The van der Waals surface area contributed by atoms with Gasteiger partial charge >= 0.3 is 11.6 Å². The SMILES string of the molecule is CCc1ccc2c(COC(=O)c3cccnc3Oc3ccccc3)cc(=O)oc2c1. The van der Waals surface area contributed by atoms with E-state index in [0.29, 0.717) is 16.9 Å². The van der Waals surface area contributed by atoms with Crippen LogP contribution in [0.3, 0.4) is 0 Å². The number of esters is 1. The third-order valence-electron chi connectivity index (χ3n) is 4.61. The van der Waals surface area contributed by atoms with Gasteiger partial charge < -0.3 is 13.9 Å². The maximum atomic E-state index is 12.7. The van der Waals surface area contributed by atoms with Gasteiger partial charge in [-0.15, -0.1) is 0 Å². The van der Waals surface area contributed by atoms with Crippen molar-refractivity contribution in [3.05, 3.63) is 100 Å². The van der Waals surface area contributed by atoms with Crippen LogP contribution in [0.15, 0.2) is 82.1 Å². The quantitative estimate of drug-likeness (QED) is 0.338.